The molecule has 2 atom stereocenters. The molecule has 2 N–H and O–H groups in total. The number of hydrogen-bond acceptors (Lipinski definition) is 7. The van der Waals surface area contributed by atoms with Gasteiger partial charge in [0.05, 0.1) is 24.3 Å². The molecule has 0 amide bonds. The van der Waals surface area contributed by atoms with Crippen molar-refractivity contribution >= 4 is 0 Å². The molecule has 1 saturated heterocycles. The lowest BCUT2D eigenvalue weighted by Crippen LogP contribution is -2.46. The molecule has 7 heteroatoms. The fraction of sp³-hybridized carbons (Fsp3) is 0.889. The van der Waals surface area contributed by atoms with Crippen LogP contribution in [0.5, 0.6) is 0 Å². The van der Waals surface area contributed by atoms with Crippen LogP contribution in [-0.4, -0.2) is 74.1 Å². The SMILES string of the molecule is CCN(Cc1nnc(C)o1)C1CN(CC2(O)CCC(C)CC2)C[C@H]1O. The number of hydrogen-bond donors (Lipinski definition) is 2. The molecule has 0 spiro atoms. The van der Waals surface area contributed by atoms with E-state index >= 15 is 0 Å². The Hall–Kier alpha value is -1.02. The Balaban J connectivity index is 1.58. The molecule has 1 saturated carbocycles. The minimum absolute atomic E-state index is 0.0309. The van der Waals surface area contributed by atoms with Crippen LogP contribution in [0.3, 0.4) is 0 Å². The molecule has 0 radical (unpaired) electrons. The van der Waals surface area contributed by atoms with Gasteiger partial charge in [0.15, 0.2) is 0 Å². The van der Waals surface area contributed by atoms with Gasteiger partial charge in [0.1, 0.15) is 0 Å². The zero-order valence-corrected chi connectivity index (χ0v) is 15.7. The Labute approximate surface area is 150 Å². The standard InChI is InChI=1S/C18H32N4O3/c1-4-22(11-17-20-19-14(3)25-17)15-9-21(10-16(15)23)12-18(24)7-5-13(2)6-8-18/h13,15-16,23-24H,4-12H2,1-3H3/t13?,15?,16-,18?/m1/s1. The third-order valence-electron chi connectivity index (χ3n) is 5.84. The molecule has 1 aliphatic heterocycles. The number of nitrogens with zero attached hydrogens (tertiary/aromatic N) is 4. The van der Waals surface area contributed by atoms with Crippen LogP contribution < -0.4 is 0 Å². The van der Waals surface area contributed by atoms with E-state index in [4.69, 9.17) is 4.42 Å². The van der Waals surface area contributed by atoms with Crippen LogP contribution >= 0.6 is 0 Å². The molecule has 3 rings (SSSR count). The third-order valence-corrected chi connectivity index (χ3v) is 5.84. The number of rotatable bonds is 6. The van der Waals surface area contributed by atoms with Gasteiger partial charge >= 0.3 is 0 Å². The van der Waals surface area contributed by atoms with Gasteiger partial charge in [0, 0.05) is 26.6 Å². The number of aliphatic hydroxyl groups is 2. The van der Waals surface area contributed by atoms with Crippen LogP contribution in [0.2, 0.25) is 0 Å². The van der Waals surface area contributed by atoms with Crippen LogP contribution in [0.4, 0.5) is 0 Å². The van der Waals surface area contributed by atoms with Crippen molar-refractivity contribution in [2.24, 2.45) is 5.92 Å². The Bertz CT molecular complexity index is 556. The smallest absolute Gasteiger partial charge is 0.230 e. The summed E-state index contributed by atoms with van der Waals surface area (Å²) in [5.41, 5.74) is -0.595. The van der Waals surface area contributed by atoms with Crippen molar-refractivity contribution in [2.45, 2.75) is 70.7 Å². The molecular formula is C18H32N4O3. The van der Waals surface area contributed by atoms with E-state index in [1.807, 2.05) is 0 Å². The van der Waals surface area contributed by atoms with Gasteiger partial charge < -0.3 is 14.6 Å². The van der Waals surface area contributed by atoms with Crippen molar-refractivity contribution in [3.8, 4) is 0 Å². The topological polar surface area (TPSA) is 85.9 Å². The second-order valence-electron chi connectivity index (χ2n) is 8.01. The monoisotopic (exact) mass is 352 g/mol. The van der Waals surface area contributed by atoms with Gasteiger partial charge in [-0.05, 0) is 38.1 Å². The fourth-order valence-electron chi connectivity index (χ4n) is 4.25. The summed E-state index contributed by atoms with van der Waals surface area (Å²) in [6.45, 7) is 9.51. The van der Waals surface area contributed by atoms with E-state index in [1.165, 1.54) is 0 Å². The quantitative estimate of drug-likeness (QED) is 0.795. The number of β-amino-alcohol motifs (C(OH)–C–C–N with tert-alkyl or cyclic N) is 2. The van der Waals surface area contributed by atoms with Gasteiger partial charge in [-0.3, -0.25) is 9.80 Å². The number of likely N-dealkylation sites (tertiary alicyclic amines) is 1. The maximum absolute atomic E-state index is 10.9. The van der Waals surface area contributed by atoms with Gasteiger partial charge in [-0.15, -0.1) is 10.2 Å². The first-order valence-electron chi connectivity index (χ1n) is 9.54. The maximum Gasteiger partial charge on any atom is 0.230 e. The summed E-state index contributed by atoms with van der Waals surface area (Å²) in [6, 6.07) is 0.0309. The highest BCUT2D eigenvalue weighted by molar-refractivity contribution is 4.96. The van der Waals surface area contributed by atoms with Crippen LogP contribution in [0.25, 0.3) is 0 Å². The predicted molar refractivity (Wildman–Crippen MR) is 93.9 cm³/mol. The van der Waals surface area contributed by atoms with Gasteiger partial charge in [-0.25, -0.2) is 0 Å². The molecule has 0 bridgehead atoms. The minimum atomic E-state index is -0.595. The Morgan fingerprint density at radius 2 is 2.00 bits per heavy atom. The summed E-state index contributed by atoms with van der Waals surface area (Å²) in [6.07, 6.45) is 3.49. The van der Waals surface area contributed by atoms with E-state index in [0.717, 1.165) is 38.8 Å². The molecule has 1 unspecified atom stereocenters. The van der Waals surface area contributed by atoms with Crippen molar-refractivity contribution in [1.82, 2.24) is 20.0 Å². The summed E-state index contributed by atoms with van der Waals surface area (Å²) >= 11 is 0. The zero-order valence-electron chi connectivity index (χ0n) is 15.7. The molecule has 1 aliphatic carbocycles. The molecule has 25 heavy (non-hydrogen) atoms. The Morgan fingerprint density at radius 3 is 2.60 bits per heavy atom. The first-order valence-corrected chi connectivity index (χ1v) is 9.54. The van der Waals surface area contributed by atoms with Gasteiger partial charge in [0.25, 0.3) is 0 Å². The highest BCUT2D eigenvalue weighted by Gasteiger charge is 2.40. The van der Waals surface area contributed by atoms with Crippen LogP contribution in [0.1, 0.15) is 51.3 Å². The summed E-state index contributed by atoms with van der Waals surface area (Å²) in [4.78, 5) is 4.40. The van der Waals surface area contributed by atoms with Gasteiger partial charge in [-0.1, -0.05) is 13.8 Å². The van der Waals surface area contributed by atoms with E-state index in [-0.39, 0.29) is 6.04 Å². The Morgan fingerprint density at radius 1 is 1.28 bits per heavy atom. The molecule has 2 fully saturated rings. The molecule has 1 aromatic heterocycles. The molecule has 7 nitrogen and oxygen atoms in total. The Kier molecular flexibility index (Phi) is 5.78. The third kappa shape index (κ3) is 4.58. The lowest BCUT2D eigenvalue weighted by Gasteiger charge is -2.37. The average Bonchev–Trinajstić information content (AvgIpc) is 3.13. The maximum atomic E-state index is 10.9. The number of likely N-dealkylation sites (N-methyl/N-ethyl adjacent to an activating group) is 1. The summed E-state index contributed by atoms with van der Waals surface area (Å²) in [5.74, 6) is 1.86. The normalized spacial score (nSPS) is 34.1. The predicted octanol–water partition coefficient (Wildman–Crippen LogP) is 1.19. The highest BCUT2D eigenvalue weighted by Crippen LogP contribution is 2.33. The number of aryl methyl sites for hydroxylation is 1. The summed E-state index contributed by atoms with van der Waals surface area (Å²) < 4.78 is 5.49. The second kappa shape index (κ2) is 7.70. The highest BCUT2D eigenvalue weighted by atomic mass is 16.4. The van der Waals surface area contributed by atoms with Gasteiger partial charge in [0.2, 0.25) is 11.8 Å². The van der Waals surface area contributed by atoms with E-state index in [2.05, 4.69) is 33.8 Å². The van der Waals surface area contributed by atoms with Crippen LogP contribution in [-0.2, 0) is 6.54 Å². The van der Waals surface area contributed by atoms with Crippen molar-refractivity contribution in [2.75, 3.05) is 26.2 Å². The molecule has 142 valence electrons. The number of aliphatic hydroxyl groups excluding tert-OH is 1. The minimum Gasteiger partial charge on any atom is -0.424 e. The largest absolute Gasteiger partial charge is 0.424 e. The molecule has 2 heterocycles. The zero-order chi connectivity index (χ0) is 18.0. The summed E-state index contributed by atoms with van der Waals surface area (Å²) in [5, 5.41) is 29.4. The average molecular weight is 352 g/mol. The van der Waals surface area contributed by atoms with Crippen molar-refractivity contribution in [3.63, 3.8) is 0 Å². The first-order chi connectivity index (χ1) is 11.9. The fourth-order valence-corrected chi connectivity index (χ4v) is 4.25. The lowest BCUT2D eigenvalue weighted by atomic mass is 9.79. The lowest BCUT2D eigenvalue weighted by molar-refractivity contribution is -0.0326. The molecule has 1 aromatic rings. The van der Waals surface area contributed by atoms with Gasteiger partial charge in [-0.2, -0.15) is 0 Å². The van der Waals surface area contributed by atoms with Crippen LogP contribution in [0, 0.1) is 12.8 Å². The first kappa shape index (κ1) is 18.8. The molecule has 0 aromatic carbocycles. The number of aromatic nitrogens is 2. The van der Waals surface area contributed by atoms with E-state index in [0.29, 0.717) is 37.3 Å². The van der Waals surface area contributed by atoms with E-state index in [1.54, 1.807) is 6.92 Å². The van der Waals surface area contributed by atoms with Crippen LogP contribution in [0.15, 0.2) is 4.42 Å². The van der Waals surface area contributed by atoms with E-state index < -0.39 is 11.7 Å². The van der Waals surface area contributed by atoms with E-state index in [9.17, 15) is 10.2 Å². The molecular weight excluding hydrogens is 320 g/mol. The van der Waals surface area contributed by atoms with Crippen molar-refractivity contribution in [1.29, 1.82) is 0 Å². The van der Waals surface area contributed by atoms with Crippen molar-refractivity contribution < 1.29 is 14.6 Å². The summed E-state index contributed by atoms with van der Waals surface area (Å²) in [7, 11) is 0. The second-order valence-corrected chi connectivity index (χ2v) is 8.01. The van der Waals surface area contributed by atoms with Crippen molar-refractivity contribution in [3.05, 3.63) is 11.8 Å². The molecule has 2 aliphatic rings.